The number of rotatable bonds is 3. The van der Waals surface area contributed by atoms with Gasteiger partial charge in [-0.1, -0.05) is 11.6 Å². The summed E-state index contributed by atoms with van der Waals surface area (Å²) in [4.78, 5) is 15.8. The van der Waals surface area contributed by atoms with E-state index in [1.54, 1.807) is 0 Å². The summed E-state index contributed by atoms with van der Waals surface area (Å²) in [7, 11) is 0. The molecule has 12 heteroatoms. The highest BCUT2D eigenvalue weighted by Crippen LogP contribution is 2.37. The van der Waals surface area contributed by atoms with Crippen molar-refractivity contribution in [1.82, 2.24) is 19.9 Å². The monoisotopic (exact) mass is 469 g/mol. The average Bonchev–Trinajstić information content (AvgIpc) is 2.72. The molecule has 0 fully saturated rings. The minimum Gasteiger partial charge on any atom is -0.338 e. The van der Waals surface area contributed by atoms with Crippen molar-refractivity contribution in [3.8, 4) is 11.3 Å². The van der Waals surface area contributed by atoms with Crippen LogP contribution in [0.25, 0.3) is 22.3 Å². The van der Waals surface area contributed by atoms with Crippen molar-refractivity contribution < 1.29 is 26.3 Å². The van der Waals surface area contributed by atoms with Gasteiger partial charge in [-0.3, -0.25) is 9.97 Å². The summed E-state index contributed by atoms with van der Waals surface area (Å²) in [5.74, 6) is 0.0801. The van der Waals surface area contributed by atoms with E-state index in [1.807, 2.05) is 0 Å². The predicted octanol–water partition coefficient (Wildman–Crippen LogP) is 6.52. The van der Waals surface area contributed by atoms with Gasteiger partial charge < -0.3 is 5.32 Å². The Labute approximate surface area is 181 Å². The Morgan fingerprint density at radius 2 is 1.62 bits per heavy atom. The number of alkyl halides is 6. The predicted molar refractivity (Wildman–Crippen MR) is 105 cm³/mol. The summed E-state index contributed by atoms with van der Waals surface area (Å²) >= 11 is 6.03. The van der Waals surface area contributed by atoms with E-state index >= 15 is 0 Å². The highest BCUT2D eigenvalue weighted by Gasteiger charge is 2.34. The smallest absolute Gasteiger partial charge is 0.338 e. The second kappa shape index (κ2) is 7.90. The third kappa shape index (κ3) is 4.42. The summed E-state index contributed by atoms with van der Waals surface area (Å²) in [5.41, 5.74) is -1.47. The third-order valence-electron chi connectivity index (χ3n) is 4.35. The van der Waals surface area contributed by atoms with Crippen molar-refractivity contribution in [2.45, 2.75) is 12.4 Å². The van der Waals surface area contributed by atoms with E-state index in [1.165, 1.54) is 30.6 Å². The highest BCUT2D eigenvalue weighted by molar-refractivity contribution is 6.30. The van der Waals surface area contributed by atoms with Crippen LogP contribution in [-0.4, -0.2) is 19.9 Å². The van der Waals surface area contributed by atoms with Gasteiger partial charge in [-0.05, 0) is 30.3 Å². The Morgan fingerprint density at radius 3 is 2.28 bits per heavy atom. The molecule has 0 aromatic carbocycles. The molecule has 0 bridgehead atoms. The van der Waals surface area contributed by atoms with E-state index in [2.05, 4.69) is 25.3 Å². The number of anilines is 2. The molecule has 0 aliphatic carbocycles. The molecule has 0 spiro atoms. The maximum Gasteiger partial charge on any atom is 0.418 e. The first-order valence-electron chi connectivity index (χ1n) is 8.81. The van der Waals surface area contributed by atoms with Crippen LogP contribution in [0.5, 0.6) is 0 Å². The first-order chi connectivity index (χ1) is 15.0. The van der Waals surface area contributed by atoms with Crippen LogP contribution in [0.1, 0.15) is 11.1 Å². The maximum absolute atomic E-state index is 13.3. The number of hydrogen-bond donors (Lipinski definition) is 1. The lowest BCUT2D eigenvalue weighted by molar-refractivity contribution is -0.138. The molecule has 0 amide bonds. The number of nitrogens with zero attached hydrogens (tertiary/aromatic N) is 4. The van der Waals surface area contributed by atoms with Crippen molar-refractivity contribution in [1.29, 1.82) is 0 Å². The molecule has 0 radical (unpaired) electrons. The minimum atomic E-state index is -4.62. The molecule has 1 N–H and O–H groups in total. The lowest BCUT2D eigenvalue weighted by atomic mass is 10.1. The van der Waals surface area contributed by atoms with Crippen molar-refractivity contribution >= 4 is 34.1 Å². The molecule has 4 aromatic rings. The normalized spacial score (nSPS) is 12.2. The Morgan fingerprint density at radius 1 is 0.844 bits per heavy atom. The van der Waals surface area contributed by atoms with Crippen molar-refractivity contribution in [3.63, 3.8) is 0 Å². The molecule has 5 nitrogen and oxygen atoms in total. The number of aromatic nitrogens is 4. The minimum absolute atomic E-state index is 0.0112. The van der Waals surface area contributed by atoms with Crippen LogP contribution in [-0.2, 0) is 12.4 Å². The van der Waals surface area contributed by atoms with Gasteiger partial charge in [0.05, 0.1) is 28.0 Å². The van der Waals surface area contributed by atoms with Gasteiger partial charge in [0.25, 0.3) is 0 Å². The Kier molecular flexibility index (Phi) is 5.37. The second-order valence-corrected chi connectivity index (χ2v) is 6.92. The Hall–Kier alpha value is -3.47. The van der Waals surface area contributed by atoms with Gasteiger partial charge in [0.1, 0.15) is 16.5 Å². The lowest BCUT2D eigenvalue weighted by Crippen LogP contribution is -2.08. The van der Waals surface area contributed by atoms with Gasteiger partial charge in [-0.25, -0.2) is 9.97 Å². The van der Waals surface area contributed by atoms with E-state index in [-0.39, 0.29) is 38.9 Å². The van der Waals surface area contributed by atoms with Crippen molar-refractivity contribution in [3.05, 3.63) is 71.3 Å². The molecular formula is C20H10ClF6N5. The zero-order valence-corrected chi connectivity index (χ0v) is 16.4. The molecule has 0 unspecified atom stereocenters. The highest BCUT2D eigenvalue weighted by atomic mass is 35.5. The molecule has 0 aliphatic rings. The first-order valence-corrected chi connectivity index (χ1v) is 9.19. The van der Waals surface area contributed by atoms with Gasteiger partial charge in [0.2, 0.25) is 0 Å². The zero-order valence-electron chi connectivity index (χ0n) is 15.6. The first kappa shape index (κ1) is 21.8. The van der Waals surface area contributed by atoms with Crippen LogP contribution >= 0.6 is 11.6 Å². The molecule has 0 saturated carbocycles. The number of halogens is 7. The number of fused-ring (bicyclic) bond motifs is 1. The van der Waals surface area contributed by atoms with Crippen LogP contribution < -0.4 is 5.32 Å². The lowest BCUT2D eigenvalue weighted by Gasteiger charge is -2.13. The van der Waals surface area contributed by atoms with E-state index in [0.29, 0.717) is 6.20 Å². The van der Waals surface area contributed by atoms with Crippen LogP contribution in [0.2, 0.25) is 5.15 Å². The summed E-state index contributed by atoms with van der Waals surface area (Å²) in [6.07, 6.45) is -6.07. The van der Waals surface area contributed by atoms with Gasteiger partial charge in [-0.15, -0.1) is 0 Å². The Balaban J connectivity index is 1.75. The van der Waals surface area contributed by atoms with Crippen LogP contribution in [0.15, 0.2) is 55.0 Å². The molecular weight excluding hydrogens is 460 g/mol. The molecule has 4 heterocycles. The molecule has 0 saturated heterocycles. The van der Waals surface area contributed by atoms with Crippen LogP contribution in [0, 0.1) is 0 Å². The number of hydrogen-bond acceptors (Lipinski definition) is 5. The average molecular weight is 470 g/mol. The van der Waals surface area contributed by atoms with Crippen LogP contribution in [0.3, 0.4) is 0 Å². The topological polar surface area (TPSA) is 63.6 Å². The summed E-state index contributed by atoms with van der Waals surface area (Å²) < 4.78 is 78.2. The van der Waals surface area contributed by atoms with Gasteiger partial charge in [0.15, 0.2) is 0 Å². The molecule has 0 aliphatic heterocycles. The summed E-state index contributed by atoms with van der Waals surface area (Å²) in [5, 5.41) is 2.79. The molecule has 164 valence electrons. The molecule has 0 atom stereocenters. The number of nitrogens with one attached hydrogen (secondary N) is 1. The van der Waals surface area contributed by atoms with Crippen LogP contribution in [0.4, 0.5) is 37.8 Å². The largest absolute Gasteiger partial charge is 0.418 e. The quantitative estimate of drug-likeness (QED) is 0.273. The van der Waals surface area contributed by atoms with E-state index in [0.717, 1.165) is 18.2 Å². The fraction of sp³-hybridized carbons (Fsp3) is 0.100. The maximum atomic E-state index is 13.3. The zero-order chi connectivity index (χ0) is 23.1. The van der Waals surface area contributed by atoms with E-state index in [4.69, 9.17) is 11.6 Å². The summed E-state index contributed by atoms with van der Waals surface area (Å²) in [6, 6.07) is 6.78. The molecule has 4 aromatic heterocycles. The second-order valence-electron chi connectivity index (χ2n) is 6.54. The van der Waals surface area contributed by atoms with E-state index < -0.39 is 23.5 Å². The van der Waals surface area contributed by atoms with Crippen molar-refractivity contribution in [2.75, 3.05) is 5.32 Å². The Bertz CT molecular complexity index is 1290. The molecule has 4 rings (SSSR count). The fourth-order valence-corrected chi connectivity index (χ4v) is 3.14. The fourth-order valence-electron chi connectivity index (χ4n) is 2.94. The van der Waals surface area contributed by atoms with Gasteiger partial charge in [0, 0.05) is 30.2 Å². The molecule has 32 heavy (non-hydrogen) atoms. The third-order valence-corrected chi connectivity index (χ3v) is 4.55. The van der Waals surface area contributed by atoms with Crippen molar-refractivity contribution in [2.24, 2.45) is 0 Å². The van der Waals surface area contributed by atoms with E-state index in [9.17, 15) is 26.3 Å². The standard InChI is InChI=1S/C20H10ClF6N5/c21-15-7-14(32-16-4-3-11(9-29-16)19(22,23)24)18-13(31-15)6-10(8-30-18)17-12(20(25,26)27)2-1-5-28-17/h1-9H,(H,29,31,32). The number of pyridine rings is 4. The van der Waals surface area contributed by atoms with Gasteiger partial charge >= 0.3 is 12.4 Å². The SMILES string of the molecule is FC(F)(F)c1ccc(Nc2cc(Cl)nc3cc(-c4ncccc4C(F)(F)F)cnc23)nc1. The van der Waals surface area contributed by atoms with Gasteiger partial charge in [-0.2, -0.15) is 26.3 Å². The summed E-state index contributed by atoms with van der Waals surface area (Å²) in [6.45, 7) is 0.